The third kappa shape index (κ3) is 1.60. The summed E-state index contributed by atoms with van der Waals surface area (Å²) in [5.41, 5.74) is -5.33. The molecular formula is C7H7F3O3S. The lowest BCUT2D eigenvalue weighted by atomic mass is 10.3. The Bertz CT molecular complexity index is 381. The smallest absolute Gasteiger partial charge is 0.381 e. The summed E-state index contributed by atoms with van der Waals surface area (Å²) in [6.45, 7) is 0. The molecule has 3 nitrogen and oxygen atoms in total. The molecule has 0 heterocycles. The van der Waals surface area contributed by atoms with Gasteiger partial charge in [0.05, 0.1) is 0 Å². The van der Waals surface area contributed by atoms with E-state index in [2.05, 4.69) is 4.18 Å². The van der Waals surface area contributed by atoms with Crippen LogP contribution in [0.5, 0.6) is 0 Å². The molecule has 0 aliphatic heterocycles. The zero-order valence-corrected chi connectivity index (χ0v) is 7.73. The van der Waals surface area contributed by atoms with Gasteiger partial charge in [-0.15, -0.1) is 0 Å². The molecule has 0 radical (unpaired) electrons. The first-order chi connectivity index (χ1) is 6.29. The van der Waals surface area contributed by atoms with Gasteiger partial charge in [-0.2, -0.15) is 21.6 Å². The second kappa shape index (κ2) is 2.65. The van der Waals surface area contributed by atoms with Gasteiger partial charge < -0.3 is 4.18 Å². The minimum Gasteiger partial charge on any atom is -0.381 e. The van der Waals surface area contributed by atoms with E-state index in [1.165, 1.54) is 6.08 Å². The Labute approximate surface area is 78.7 Å². The fraction of sp³-hybridized carbons (Fsp3) is 0.714. The van der Waals surface area contributed by atoms with E-state index in [1.54, 1.807) is 0 Å². The monoisotopic (exact) mass is 228 g/mol. The van der Waals surface area contributed by atoms with Crippen molar-refractivity contribution in [1.29, 1.82) is 0 Å². The van der Waals surface area contributed by atoms with Gasteiger partial charge in [0.2, 0.25) is 0 Å². The molecule has 2 rings (SSSR count). The number of alkyl halides is 3. The lowest BCUT2D eigenvalue weighted by Crippen LogP contribution is -2.25. The standard InChI is InChI=1S/C7H7F3O3S/c8-7(9,10)14(11,12)13-6-2-4-1-5(4)3-6/h2,4-5H,1,3H2. The molecule has 0 amide bonds. The van der Waals surface area contributed by atoms with Crippen molar-refractivity contribution >= 4 is 10.1 Å². The number of hydrogen-bond acceptors (Lipinski definition) is 3. The van der Waals surface area contributed by atoms with Crippen LogP contribution in [0.1, 0.15) is 12.8 Å². The van der Waals surface area contributed by atoms with Gasteiger partial charge >= 0.3 is 15.6 Å². The summed E-state index contributed by atoms with van der Waals surface area (Å²) in [6.07, 6.45) is 2.70. The summed E-state index contributed by atoms with van der Waals surface area (Å²) < 4.78 is 60.6. The van der Waals surface area contributed by atoms with E-state index in [0.29, 0.717) is 12.3 Å². The summed E-state index contributed by atoms with van der Waals surface area (Å²) in [4.78, 5) is 0. The number of fused-ring (bicyclic) bond motifs is 1. The predicted molar refractivity (Wildman–Crippen MR) is 40.4 cm³/mol. The van der Waals surface area contributed by atoms with E-state index in [1.807, 2.05) is 0 Å². The zero-order valence-electron chi connectivity index (χ0n) is 6.91. The highest BCUT2D eigenvalue weighted by Gasteiger charge is 2.51. The molecule has 1 saturated carbocycles. The molecule has 0 spiro atoms. The molecule has 0 saturated heterocycles. The highest BCUT2D eigenvalue weighted by molar-refractivity contribution is 7.87. The van der Waals surface area contributed by atoms with Crippen LogP contribution in [0.4, 0.5) is 13.2 Å². The van der Waals surface area contributed by atoms with Gasteiger partial charge in [-0.05, 0) is 24.3 Å². The predicted octanol–water partition coefficient (Wildman–Crippen LogP) is 1.78. The summed E-state index contributed by atoms with van der Waals surface area (Å²) in [5, 5.41) is 0. The van der Waals surface area contributed by atoms with Gasteiger partial charge in [-0.1, -0.05) is 0 Å². The molecule has 0 N–H and O–H groups in total. The molecule has 80 valence electrons. The first-order valence-electron chi connectivity index (χ1n) is 4.01. The summed E-state index contributed by atoms with van der Waals surface area (Å²) in [5.74, 6) is 0.463. The zero-order chi connectivity index (χ0) is 10.6. The van der Waals surface area contributed by atoms with Crippen LogP contribution in [0.2, 0.25) is 0 Å². The van der Waals surface area contributed by atoms with Crippen molar-refractivity contribution in [3.63, 3.8) is 0 Å². The highest BCUT2D eigenvalue weighted by Crippen LogP contribution is 2.51. The van der Waals surface area contributed by atoms with E-state index in [-0.39, 0.29) is 11.7 Å². The quantitative estimate of drug-likeness (QED) is 0.534. The molecule has 0 aromatic heterocycles. The van der Waals surface area contributed by atoms with Crippen LogP contribution < -0.4 is 0 Å². The summed E-state index contributed by atoms with van der Waals surface area (Å²) >= 11 is 0. The Balaban J connectivity index is 2.08. The molecule has 0 bridgehead atoms. The fourth-order valence-corrected chi connectivity index (χ4v) is 2.02. The summed E-state index contributed by atoms with van der Waals surface area (Å²) in [6, 6.07) is 0. The number of rotatable bonds is 2. The lowest BCUT2D eigenvalue weighted by Gasteiger charge is -2.10. The molecular weight excluding hydrogens is 221 g/mol. The lowest BCUT2D eigenvalue weighted by molar-refractivity contribution is -0.0523. The Kier molecular flexibility index (Phi) is 1.86. The second-order valence-corrected chi connectivity index (χ2v) is 5.02. The maximum atomic E-state index is 11.9. The van der Waals surface area contributed by atoms with Crippen molar-refractivity contribution in [3.05, 3.63) is 11.8 Å². The van der Waals surface area contributed by atoms with Crippen LogP contribution in [-0.2, 0) is 14.3 Å². The van der Waals surface area contributed by atoms with Crippen LogP contribution in [0.3, 0.4) is 0 Å². The SMILES string of the molecule is O=S(=O)(OC1=CC2CC2C1)C(F)(F)F. The third-order valence-corrected chi connectivity index (χ3v) is 3.34. The van der Waals surface area contributed by atoms with E-state index in [0.717, 1.165) is 6.42 Å². The Morgan fingerprint density at radius 1 is 1.43 bits per heavy atom. The topological polar surface area (TPSA) is 43.4 Å². The maximum Gasteiger partial charge on any atom is 0.534 e. The molecule has 7 heteroatoms. The molecule has 2 atom stereocenters. The molecule has 0 aromatic rings. The Morgan fingerprint density at radius 3 is 2.50 bits per heavy atom. The second-order valence-electron chi connectivity index (χ2n) is 3.48. The maximum absolute atomic E-state index is 11.9. The van der Waals surface area contributed by atoms with Crippen molar-refractivity contribution in [1.82, 2.24) is 0 Å². The average Bonchev–Trinajstić information content (AvgIpc) is 2.56. The fourth-order valence-electron chi connectivity index (χ4n) is 1.53. The molecule has 0 aromatic carbocycles. The molecule has 2 aliphatic carbocycles. The van der Waals surface area contributed by atoms with E-state index >= 15 is 0 Å². The molecule has 2 unspecified atom stereocenters. The minimum absolute atomic E-state index is 0.0661. The van der Waals surface area contributed by atoms with Crippen molar-refractivity contribution < 1.29 is 25.8 Å². The molecule has 14 heavy (non-hydrogen) atoms. The number of hydrogen-bond donors (Lipinski definition) is 0. The largest absolute Gasteiger partial charge is 0.534 e. The highest BCUT2D eigenvalue weighted by atomic mass is 32.2. The van der Waals surface area contributed by atoms with E-state index in [9.17, 15) is 21.6 Å². The Morgan fingerprint density at radius 2 is 2.07 bits per heavy atom. The van der Waals surface area contributed by atoms with Crippen molar-refractivity contribution in [2.24, 2.45) is 11.8 Å². The number of halogens is 3. The van der Waals surface area contributed by atoms with Gasteiger partial charge in [-0.25, -0.2) is 0 Å². The minimum atomic E-state index is -5.45. The average molecular weight is 228 g/mol. The van der Waals surface area contributed by atoms with Gasteiger partial charge in [0, 0.05) is 6.42 Å². The van der Waals surface area contributed by atoms with Crippen molar-refractivity contribution in [2.75, 3.05) is 0 Å². The van der Waals surface area contributed by atoms with Crippen LogP contribution >= 0.6 is 0 Å². The first kappa shape index (κ1) is 9.82. The number of allylic oxidation sites excluding steroid dienone is 2. The molecule has 1 fully saturated rings. The van der Waals surface area contributed by atoms with Gasteiger partial charge in [0.25, 0.3) is 0 Å². The normalized spacial score (nSPS) is 30.9. The van der Waals surface area contributed by atoms with Crippen LogP contribution in [0.25, 0.3) is 0 Å². The van der Waals surface area contributed by atoms with Crippen molar-refractivity contribution in [2.45, 2.75) is 18.3 Å². The van der Waals surface area contributed by atoms with Gasteiger partial charge in [0.15, 0.2) is 0 Å². The van der Waals surface area contributed by atoms with Gasteiger partial charge in [-0.3, -0.25) is 0 Å². The van der Waals surface area contributed by atoms with Crippen LogP contribution in [-0.4, -0.2) is 13.9 Å². The molecule has 2 aliphatic rings. The third-order valence-electron chi connectivity index (χ3n) is 2.34. The van der Waals surface area contributed by atoms with Gasteiger partial charge in [0.1, 0.15) is 5.76 Å². The first-order valence-corrected chi connectivity index (χ1v) is 5.42. The summed E-state index contributed by atoms with van der Waals surface area (Å²) in [7, 11) is -5.45. The van der Waals surface area contributed by atoms with E-state index < -0.39 is 15.6 Å². The van der Waals surface area contributed by atoms with E-state index in [4.69, 9.17) is 0 Å². The Hall–Kier alpha value is -0.720. The van der Waals surface area contributed by atoms with Crippen LogP contribution in [0, 0.1) is 11.8 Å². The van der Waals surface area contributed by atoms with Crippen LogP contribution in [0.15, 0.2) is 11.8 Å². The van der Waals surface area contributed by atoms with Crippen molar-refractivity contribution in [3.8, 4) is 0 Å².